The maximum Gasteiger partial charge on any atom is 0.160 e. The van der Waals surface area contributed by atoms with Crippen LogP contribution in [0.5, 0.6) is 0 Å². The number of anilines is 1. The molecule has 1 aromatic rings. The van der Waals surface area contributed by atoms with E-state index in [1.807, 2.05) is 0 Å². The average molecular weight is 303 g/mol. The fourth-order valence-electron chi connectivity index (χ4n) is 3.26. The van der Waals surface area contributed by atoms with Crippen molar-refractivity contribution in [1.82, 2.24) is 4.90 Å². The van der Waals surface area contributed by atoms with Crippen molar-refractivity contribution < 1.29 is 4.39 Å². The Morgan fingerprint density at radius 2 is 1.89 bits per heavy atom. The molecule has 0 radical (unpaired) electrons. The lowest BCUT2D eigenvalue weighted by Gasteiger charge is -2.43. The lowest BCUT2D eigenvalue weighted by atomic mass is 10.1. The minimum Gasteiger partial charge on any atom is -0.366 e. The van der Waals surface area contributed by atoms with Gasteiger partial charge >= 0.3 is 0 Å². The number of hydrogen-bond acceptors (Lipinski definition) is 2. The molecular weight excluding hydrogens is 286 g/mol. The molecule has 2 aliphatic rings. The highest BCUT2D eigenvalue weighted by atomic mass is 35.5. The van der Waals surface area contributed by atoms with Gasteiger partial charge in [-0.15, -0.1) is 0 Å². The zero-order valence-electron chi connectivity index (χ0n) is 10.9. The van der Waals surface area contributed by atoms with Crippen molar-refractivity contribution in [2.45, 2.75) is 31.8 Å². The van der Waals surface area contributed by atoms with E-state index >= 15 is 0 Å². The summed E-state index contributed by atoms with van der Waals surface area (Å²) in [5, 5.41) is 0.201. The van der Waals surface area contributed by atoms with Crippen LogP contribution in [-0.4, -0.2) is 36.6 Å². The van der Waals surface area contributed by atoms with E-state index in [1.54, 1.807) is 12.1 Å². The molecule has 1 aromatic carbocycles. The monoisotopic (exact) mass is 302 g/mol. The summed E-state index contributed by atoms with van der Waals surface area (Å²) in [5.74, 6) is -0.528. The molecule has 2 aliphatic heterocycles. The number of fused-ring (bicyclic) bond motifs is 1. The third kappa shape index (κ3) is 2.44. The molecule has 5 heteroatoms. The van der Waals surface area contributed by atoms with Crippen LogP contribution in [0.4, 0.5) is 10.1 Å². The number of rotatable bonds is 1. The molecule has 0 aliphatic carbocycles. The third-order valence-corrected chi connectivity index (χ3v) is 4.79. The standard InChI is InChI=1S/C14H17Cl2FN2/c1-9-7-18-4-2-3-10(18)8-19(9)11-5-12(15)14(17)13(16)6-11/h5-6,9-10H,2-4,7-8H2,1H3. The Balaban J connectivity index is 1.89. The molecule has 0 amide bonds. The van der Waals surface area contributed by atoms with Gasteiger partial charge in [0.1, 0.15) is 0 Å². The molecule has 2 unspecified atom stereocenters. The van der Waals surface area contributed by atoms with E-state index in [4.69, 9.17) is 23.2 Å². The van der Waals surface area contributed by atoms with E-state index < -0.39 is 5.82 Å². The van der Waals surface area contributed by atoms with Gasteiger partial charge in [0.05, 0.1) is 10.0 Å². The summed E-state index contributed by atoms with van der Waals surface area (Å²) in [4.78, 5) is 4.84. The summed E-state index contributed by atoms with van der Waals surface area (Å²) in [5.41, 5.74) is 0.926. The van der Waals surface area contributed by atoms with Crippen molar-refractivity contribution >= 4 is 28.9 Å². The SMILES string of the molecule is CC1CN2CCCC2CN1c1cc(Cl)c(F)c(Cl)c1. The van der Waals surface area contributed by atoms with Gasteiger partial charge in [-0.3, -0.25) is 4.90 Å². The van der Waals surface area contributed by atoms with Crippen LogP contribution >= 0.6 is 23.2 Å². The molecule has 0 saturated carbocycles. The molecule has 0 aromatic heterocycles. The van der Waals surface area contributed by atoms with Gasteiger partial charge in [-0.05, 0) is 38.4 Å². The number of nitrogens with zero attached hydrogens (tertiary/aromatic N) is 2. The Bertz CT molecular complexity index is 471. The van der Waals surface area contributed by atoms with Crippen LogP contribution in [0.25, 0.3) is 0 Å². The second-order valence-corrected chi connectivity index (χ2v) is 6.33. The minimum atomic E-state index is -0.528. The van der Waals surface area contributed by atoms with Gasteiger partial charge in [-0.1, -0.05) is 23.2 Å². The van der Waals surface area contributed by atoms with Gasteiger partial charge in [0.15, 0.2) is 5.82 Å². The summed E-state index contributed by atoms with van der Waals surface area (Å²) in [6.45, 7) is 5.42. The maximum absolute atomic E-state index is 13.5. The lowest BCUT2D eigenvalue weighted by molar-refractivity contribution is 0.203. The van der Waals surface area contributed by atoms with E-state index in [0.717, 1.165) is 18.8 Å². The third-order valence-electron chi connectivity index (χ3n) is 4.24. The molecule has 104 valence electrons. The topological polar surface area (TPSA) is 6.48 Å². The van der Waals surface area contributed by atoms with Crippen molar-refractivity contribution in [3.63, 3.8) is 0 Å². The van der Waals surface area contributed by atoms with Crippen LogP contribution in [0.3, 0.4) is 0 Å². The van der Waals surface area contributed by atoms with Crippen LogP contribution < -0.4 is 4.90 Å². The highest BCUT2D eigenvalue weighted by Crippen LogP contribution is 2.33. The lowest BCUT2D eigenvalue weighted by Crippen LogP contribution is -2.55. The first-order valence-corrected chi connectivity index (χ1v) is 7.47. The van der Waals surface area contributed by atoms with Crippen molar-refractivity contribution in [3.05, 3.63) is 28.0 Å². The van der Waals surface area contributed by atoms with Gasteiger partial charge in [0.2, 0.25) is 0 Å². The summed E-state index contributed by atoms with van der Waals surface area (Å²) in [6.07, 6.45) is 2.52. The Morgan fingerprint density at radius 3 is 2.58 bits per heavy atom. The first-order chi connectivity index (χ1) is 9.06. The van der Waals surface area contributed by atoms with Gasteiger partial charge in [0.25, 0.3) is 0 Å². The summed E-state index contributed by atoms with van der Waals surface area (Å²) < 4.78 is 13.5. The van der Waals surface area contributed by atoms with Crippen LogP contribution in [0.1, 0.15) is 19.8 Å². The van der Waals surface area contributed by atoms with Gasteiger partial charge in [-0.25, -0.2) is 4.39 Å². The van der Waals surface area contributed by atoms with Gasteiger partial charge < -0.3 is 4.90 Å². The van der Waals surface area contributed by atoms with E-state index in [-0.39, 0.29) is 10.0 Å². The zero-order chi connectivity index (χ0) is 13.6. The Hall–Kier alpha value is -0.510. The van der Waals surface area contributed by atoms with Gasteiger partial charge in [-0.2, -0.15) is 0 Å². The molecule has 2 saturated heterocycles. The molecule has 2 fully saturated rings. The van der Waals surface area contributed by atoms with Crippen molar-refractivity contribution in [2.75, 3.05) is 24.5 Å². The largest absolute Gasteiger partial charge is 0.366 e. The smallest absolute Gasteiger partial charge is 0.160 e. The number of halogens is 3. The molecule has 2 nitrogen and oxygen atoms in total. The molecule has 0 N–H and O–H groups in total. The van der Waals surface area contributed by atoms with Crippen LogP contribution in [0.2, 0.25) is 10.0 Å². The fraction of sp³-hybridized carbons (Fsp3) is 0.571. The van der Waals surface area contributed by atoms with Crippen LogP contribution in [-0.2, 0) is 0 Å². The quantitative estimate of drug-likeness (QED) is 0.728. The maximum atomic E-state index is 13.5. The van der Waals surface area contributed by atoms with E-state index in [2.05, 4.69) is 16.7 Å². The first-order valence-electron chi connectivity index (χ1n) is 6.71. The van der Waals surface area contributed by atoms with Crippen molar-refractivity contribution in [2.24, 2.45) is 0 Å². The van der Waals surface area contributed by atoms with E-state index in [0.29, 0.717) is 12.1 Å². The summed E-state index contributed by atoms with van der Waals surface area (Å²) in [6, 6.07) is 4.37. The molecule has 2 atom stereocenters. The second kappa shape index (κ2) is 5.12. The molecule has 2 heterocycles. The van der Waals surface area contributed by atoms with Crippen molar-refractivity contribution in [3.8, 4) is 0 Å². The summed E-state index contributed by atoms with van der Waals surface area (Å²) in [7, 11) is 0. The molecule has 19 heavy (non-hydrogen) atoms. The molecule has 3 rings (SSSR count). The predicted molar refractivity (Wildman–Crippen MR) is 77.8 cm³/mol. The normalized spacial score (nSPS) is 27.7. The van der Waals surface area contributed by atoms with Crippen molar-refractivity contribution in [1.29, 1.82) is 0 Å². The van der Waals surface area contributed by atoms with E-state index in [9.17, 15) is 4.39 Å². The Kier molecular flexibility index (Phi) is 3.63. The Morgan fingerprint density at radius 1 is 1.21 bits per heavy atom. The van der Waals surface area contributed by atoms with Crippen LogP contribution in [0, 0.1) is 5.82 Å². The second-order valence-electron chi connectivity index (χ2n) is 5.52. The predicted octanol–water partition coefficient (Wildman–Crippen LogP) is 3.81. The number of benzene rings is 1. The van der Waals surface area contributed by atoms with Crippen LogP contribution in [0.15, 0.2) is 12.1 Å². The molecule has 0 bridgehead atoms. The summed E-state index contributed by atoms with van der Waals surface area (Å²) >= 11 is 11.8. The number of hydrogen-bond donors (Lipinski definition) is 0. The average Bonchev–Trinajstić information content (AvgIpc) is 2.81. The van der Waals surface area contributed by atoms with E-state index in [1.165, 1.54) is 19.4 Å². The fourth-order valence-corrected chi connectivity index (χ4v) is 3.73. The van der Waals surface area contributed by atoms with Gasteiger partial charge in [0, 0.05) is 30.9 Å². The molecular formula is C14H17Cl2FN2. The minimum absolute atomic E-state index is 0.101. The highest BCUT2D eigenvalue weighted by Gasteiger charge is 2.34. The molecule has 0 spiro atoms. The number of piperazine rings is 1. The first kappa shape index (κ1) is 13.5. The highest BCUT2D eigenvalue weighted by molar-refractivity contribution is 6.35. The zero-order valence-corrected chi connectivity index (χ0v) is 12.4. The Labute approximate surface area is 123 Å².